The monoisotopic (exact) mass is 388 g/mol. The van der Waals surface area contributed by atoms with E-state index in [-0.39, 0.29) is 4.90 Å². The lowest BCUT2D eigenvalue weighted by Gasteiger charge is -2.25. The van der Waals surface area contributed by atoms with Crippen LogP contribution in [-0.4, -0.2) is 63.7 Å². The van der Waals surface area contributed by atoms with Gasteiger partial charge in [0.2, 0.25) is 0 Å². The first-order valence-corrected chi connectivity index (χ1v) is 9.72. The molecule has 9 heteroatoms. The van der Waals surface area contributed by atoms with Crippen LogP contribution in [0.2, 0.25) is 0 Å². The standard InChI is InChI=1S/C17H24O8S/c1-10-5-7-11(8-6-10)26(19,20)22-9-12(18)13-14-15(16(21-4)23-13)25-17(2,3)24-14/h5-8,12-16,18H,9H2,1-4H3/t12-,13+,14-,15-,16-/m0/s1. The summed E-state index contributed by atoms with van der Waals surface area (Å²) < 4.78 is 51.9. The molecule has 1 aromatic rings. The second-order valence-corrected chi connectivity index (χ2v) is 8.50. The number of rotatable bonds is 6. The normalized spacial score (nSPS) is 31.7. The van der Waals surface area contributed by atoms with Gasteiger partial charge in [0.15, 0.2) is 12.1 Å². The fourth-order valence-electron chi connectivity index (χ4n) is 3.12. The summed E-state index contributed by atoms with van der Waals surface area (Å²) in [5, 5.41) is 10.4. The van der Waals surface area contributed by atoms with Crippen molar-refractivity contribution in [2.24, 2.45) is 0 Å². The molecule has 3 rings (SSSR count). The summed E-state index contributed by atoms with van der Waals surface area (Å²) in [5.74, 6) is -0.845. The highest BCUT2D eigenvalue weighted by Crippen LogP contribution is 2.40. The van der Waals surface area contributed by atoms with Crippen LogP contribution in [-0.2, 0) is 33.2 Å². The molecule has 0 aromatic heterocycles. The van der Waals surface area contributed by atoms with E-state index in [2.05, 4.69) is 0 Å². The molecule has 146 valence electrons. The molecule has 8 nitrogen and oxygen atoms in total. The SMILES string of the molecule is CO[C@H]1O[C@H]([C@@H](O)COS(=O)(=O)c2ccc(C)cc2)[C@@H]2OC(C)(C)O[C@H]12. The lowest BCUT2D eigenvalue weighted by Crippen LogP contribution is -2.41. The molecule has 2 fully saturated rings. The molecule has 0 aliphatic carbocycles. The average molecular weight is 388 g/mol. The molecule has 2 heterocycles. The van der Waals surface area contributed by atoms with E-state index in [1.165, 1.54) is 19.2 Å². The van der Waals surface area contributed by atoms with Crippen LogP contribution in [0.25, 0.3) is 0 Å². The van der Waals surface area contributed by atoms with Crippen LogP contribution in [0.1, 0.15) is 19.4 Å². The van der Waals surface area contributed by atoms with Crippen LogP contribution in [0.5, 0.6) is 0 Å². The predicted octanol–water partition coefficient (Wildman–Crippen LogP) is 0.953. The van der Waals surface area contributed by atoms with Gasteiger partial charge in [0.25, 0.3) is 10.1 Å². The number of ether oxygens (including phenoxy) is 4. The summed E-state index contributed by atoms with van der Waals surface area (Å²) in [4.78, 5) is 0.0249. The molecule has 2 aliphatic rings. The maximum Gasteiger partial charge on any atom is 0.297 e. The van der Waals surface area contributed by atoms with Crippen LogP contribution in [0.4, 0.5) is 0 Å². The van der Waals surface area contributed by atoms with Crippen LogP contribution in [0, 0.1) is 6.92 Å². The van der Waals surface area contributed by atoms with Crippen molar-refractivity contribution in [3.8, 4) is 0 Å². The molecule has 0 amide bonds. The first kappa shape index (κ1) is 19.7. The molecular weight excluding hydrogens is 364 g/mol. The molecule has 1 aromatic carbocycles. The number of aliphatic hydroxyl groups is 1. The van der Waals surface area contributed by atoms with E-state index < -0.39 is 53.2 Å². The molecule has 0 saturated carbocycles. The largest absolute Gasteiger partial charge is 0.388 e. The zero-order valence-corrected chi connectivity index (χ0v) is 15.9. The summed E-state index contributed by atoms with van der Waals surface area (Å²) >= 11 is 0. The molecule has 2 aliphatic heterocycles. The smallest absolute Gasteiger partial charge is 0.297 e. The molecular formula is C17H24O8S. The average Bonchev–Trinajstić information content (AvgIpc) is 3.06. The number of benzene rings is 1. The zero-order valence-electron chi connectivity index (χ0n) is 15.1. The van der Waals surface area contributed by atoms with Crippen LogP contribution in [0.3, 0.4) is 0 Å². The second kappa shape index (κ2) is 7.16. The first-order chi connectivity index (χ1) is 12.1. The van der Waals surface area contributed by atoms with Crippen LogP contribution < -0.4 is 0 Å². The number of fused-ring (bicyclic) bond motifs is 1. The molecule has 2 saturated heterocycles. The number of methoxy groups -OCH3 is 1. The van der Waals surface area contributed by atoms with Gasteiger partial charge in [-0.05, 0) is 32.9 Å². The van der Waals surface area contributed by atoms with Gasteiger partial charge in [0, 0.05) is 7.11 Å². The van der Waals surface area contributed by atoms with Crippen LogP contribution >= 0.6 is 0 Å². The number of aryl methyl sites for hydroxylation is 1. The highest BCUT2D eigenvalue weighted by Gasteiger charge is 2.57. The molecule has 0 radical (unpaired) electrons. The van der Waals surface area contributed by atoms with E-state index in [1.54, 1.807) is 26.0 Å². The van der Waals surface area contributed by atoms with Crippen molar-refractivity contribution >= 4 is 10.1 Å². The lowest BCUT2D eigenvalue weighted by atomic mass is 10.1. The fourth-order valence-corrected chi connectivity index (χ4v) is 4.04. The Balaban J connectivity index is 1.66. The first-order valence-electron chi connectivity index (χ1n) is 8.31. The molecule has 1 N–H and O–H groups in total. The van der Waals surface area contributed by atoms with Gasteiger partial charge in [-0.1, -0.05) is 17.7 Å². The van der Waals surface area contributed by atoms with Crippen molar-refractivity contribution < 1.29 is 36.7 Å². The Morgan fingerprint density at radius 3 is 2.42 bits per heavy atom. The van der Waals surface area contributed by atoms with Gasteiger partial charge in [-0.25, -0.2) is 0 Å². The Labute approximate surface area is 153 Å². The fraction of sp³-hybridized carbons (Fsp3) is 0.647. The minimum atomic E-state index is -3.98. The van der Waals surface area contributed by atoms with Gasteiger partial charge in [-0.15, -0.1) is 0 Å². The minimum absolute atomic E-state index is 0.0249. The van der Waals surface area contributed by atoms with Crippen molar-refractivity contribution in [2.45, 2.75) is 62.2 Å². The Morgan fingerprint density at radius 1 is 1.19 bits per heavy atom. The number of hydrogen-bond donors (Lipinski definition) is 1. The van der Waals surface area contributed by atoms with Gasteiger partial charge in [0.1, 0.15) is 24.4 Å². The van der Waals surface area contributed by atoms with Crippen LogP contribution in [0.15, 0.2) is 29.2 Å². The van der Waals surface area contributed by atoms with Crippen molar-refractivity contribution in [3.05, 3.63) is 29.8 Å². The van der Waals surface area contributed by atoms with Crippen molar-refractivity contribution in [3.63, 3.8) is 0 Å². The van der Waals surface area contributed by atoms with Crippen molar-refractivity contribution in [2.75, 3.05) is 13.7 Å². The quantitative estimate of drug-likeness (QED) is 0.719. The Morgan fingerprint density at radius 2 is 1.81 bits per heavy atom. The van der Waals surface area contributed by atoms with E-state index >= 15 is 0 Å². The summed E-state index contributed by atoms with van der Waals surface area (Å²) in [6, 6.07) is 6.26. The maximum atomic E-state index is 12.3. The Hall–Kier alpha value is -1.07. The molecule has 5 atom stereocenters. The Bertz CT molecular complexity index is 730. The van der Waals surface area contributed by atoms with E-state index in [9.17, 15) is 13.5 Å². The third kappa shape index (κ3) is 3.94. The Kier molecular flexibility index (Phi) is 5.42. The third-order valence-corrected chi connectivity index (χ3v) is 5.66. The third-order valence-electron chi connectivity index (χ3n) is 4.36. The van der Waals surface area contributed by atoms with Gasteiger partial charge in [0.05, 0.1) is 11.5 Å². The molecule has 0 unspecified atom stereocenters. The molecule has 0 bridgehead atoms. The second-order valence-electron chi connectivity index (χ2n) is 6.89. The van der Waals surface area contributed by atoms with E-state index in [4.69, 9.17) is 23.1 Å². The minimum Gasteiger partial charge on any atom is -0.388 e. The van der Waals surface area contributed by atoms with Crippen molar-refractivity contribution in [1.29, 1.82) is 0 Å². The van der Waals surface area contributed by atoms with E-state index in [1.807, 2.05) is 6.92 Å². The highest BCUT2D eigenvalue weighted by molar-refractivity contribution is 7.86. The van der Waals surface area contributed by atoms with Crippen molar-refractivity contribution in [1.82, 2.24) is 0 Å². The summed E-state index contributed by atoms with van der Waals surface area (Å²) in [6.45, 7) is 4.89. The number of hydrogen-bond acceptors (Lipinski definition) is 8. The van der Waals surface area contributed by atoms with Gasteiger partial charge >= 0.3 is 0 Å². The summed E-state index contributed by atoms with van der Waals surface area (Å²) in [7, 11) is -2.52. The van der Waals surface area contributed by atoms with E-state index in [0.29, 0.717) is 0 Å². The molecule has 26 heavy (non-hydrogen) atoms. The highest BCUT2D eigenvalue weighted by atomic mass is 32.2. The van der Waals surface area contributed by atoms with Gasteiger partial charge in [-0.3, -0.25) is 4.18 Å². The summed E-state index contributed by atoms with van der Waals surface area (Å²) in [6.07, 6.45) is -3.88. The van der Waals surface area contributed by atoms with Gasteiger partial charge in [-0.2, -0.15) is 8.42 Å². The number of aliphatic hydroxyl groups excluding tert-OH is 1. The predicted molar refractivity (Wildman–Crippen MR) is 89.8 cm³/mol. The zero-order chi connectivity index (χ0) is 19.1. The lowest BCUT2D eigenvalue weighted by molar-refractivity contribution is -0.238. The van der Waals surface area contributed by atoms with E-state index in [0.717, 1.165) is 5.56 Å². The maximum absolute atomic E-state index is 12.3. The summed E-state index contributed by atoms with van der Waals surface area (Å²) in [5.41, 5.74) is 0.931. The topological polar surface area (TPSA) is 101 Å². The van der Waals surface area contributed by atoms with Gasteiger partial charge < -0.3 is 24.1 Å². The molecule has 0 spiro atoms.